The average Bonchev–Trinajstić information content (AvgIpc) is 2.09. The number of thiol groups is 1. The van der Waals surface area contributed by atoms with Crippen molar-refractivity contribution in [3.05, 3.63) is 0 Å². The minimum absolute atomic E-state index is 0.0285. The second-order valence-electron chi connectivity index (χ2n) is 1.93. The summed E-state index contributed by atoms with van der Waals surface area (Å²) in [5.41, 5.74) is 0. The molecule has 0 aromatic carbocycles. The molecule has 0 spiro atoms. The van der Waals surface area contributed by atoms with Gasteiger partial charge in [-0.15, -0.1) is 0 Å². The lowest BCUT2D eigenvalue weighted by Gasteiger charge is -2.00. The first-order valence-corrected chi connectivity index (χ1v) is 3.17. The molecular weight excluding hydrogens is 154 g/mol. The third kappa shape index (κ3) is 0.923. The van der Waals surface area contributed by atoms with Crippen LogP contribution in [-0.4, -0.2) is 28.4 Å². The van der Waals surface area contributed by atoms with Gasteiger partial charge in [0.2, 0.25) is 18.2 Å². The van der Waals surface area contributed by atoms with Gasteiger partial charge in [0, 0.05) is 6.42 Å². The molecule has 1 atom stereocenters. The lowest BCUT2D eigenvalue weighted by Crippen LogP contribution is -2.29. The van der Waals surface area contributed by atoms with Gasteiger partial charge in [-0.3, -0.25) is 14.4 Å². The van der Waals surface area contributed by atoms with Crippen LogP contribution in [-0.2, 0) is 14.4 Å². The molecule has 0 aromatic heterocycles. The van der Waals surface area contributed by atoms with Gasteiger partial charge in [-0.2, -0.15) is 12.6 Å². The minimum Gasteiger partial charge on any atom is -0.278 e. The minimum atomic E-state index is -0.627. The predicted octanol–water partition coefficient (Wildman–Crippen LogP) is -0.800. The predicted molar refractivity (Wildman–Crippen MR) is 35.3 cm³/mol. The third-order valence-corrected chi connectivity index (χ3v) is 1.67. The summed E-state index contributed by atoms with van der Waals surface area (Å²) in [4.78, 5) is 32.0. The molecule has 1 rings (SSSR count). The third-order valence-electron chi connectivity index (χ3n) is 1.26. The first-order chi connectivity index (χ1) is 4.66. The zero-order valence-corrected chi connectivity index (χ0v) is 5.88. The van der Waals surface area contributed by atoms with E-state index in [9.17, 15) is 14.4 Å². The van der Waals surface area contributed by atoms with Crippen molar-refractivity contribution in [3.63, 3.8) is 0 Å². The summed E-state index contributed by atoms with van der Waals surface area (Å²) in [6.07, 6.45) is 0.252. The van der Waals surface area contributed by atoms with Crippen molar-refractivity contribution in [1.29, 1.82) is 0 Å². The van der Waals surface area contributed by atoms with E-state index in [1.807, 2.05) is 0 Å². The van der Waals surface area contributed by atoms with Crippen LogP contribution in [0, 0.1) is 0 Å². The molecule has 0 N–H and O–H groups in total. The van der Waals surface area contributed by atoms with E-state index in [0.717, 1.165) is 0 Å². The van der Waals surface area contributed by atoms with Crippen LogP contribution >= 0.6 is 12.6 Å². The van der Waals surface area contributed by atoms with Crippen molar-refractivity contribution >= 4 is 30.9 Å². The average molecular weight is 159 g/mol. The smallest absolute Gasteiger partial charge is 0.249 e. The molecule has 0 saturated carbocycles. The summed E-state index contributed by atoms with van der Waals surface area (Å²) in [6, 6.07) is 0. The summed E-state index contributed by atoms with van der Waals surface area (Å²) in [6.45, 7) is 0. The zero-order valence-electron chi connectivity index (χ0n) is 4.98. The van der Waals surface area contributed by atoms with E-state index in [2.05, 4.69) is 12.6 Å². The number of nitrogens with zero attached hydrogens (tertiary/aromatic N) is 1. The van der Waals surface area contributed by atoms with Crippen LogP contribution in [0.2, 0.25) is 0 Å². The number of rotatable bonds is 1. The number of amides is 3. The quantitative estimate of drug-likeness (QED) is 0.309. The van der Waals surface area contributed by atoms with E-state index in [1.165, 1.54) is 0 Å². The van der Waals surface area contributed by atoms with Crippen molar-refractivity contribution in [2.45, 2.75) is 11.7 Å². The van der Waals surface area contributed by atoms with Gasteiger partial charge < -0.3 is 0 Å². The Bertz CT molecular complexity index is 203. The van der Waals surface area contributed by atoms with E-state index < -0.39 is 17.1 Å². The van der Waals surface area contributed by atoms with Gasteiger partial charge in [0.15, 0.2) is 0 Å². The maximum atomic E-state index is 10.7. The monoisotopic (exact) mass is 159 g/mol. The second-order valence-corrected chi connectivity index (χ2v) is 2.55. The largest absolute Gasteiger partial charge is 0.278 e. The van der Waals surface area contributed by atoms with Crippen molar-refractivity contribution in [1.82, 2.24) is 4.90 Å². The van der Waals surface area contributed by atoms with Gasteiger partial charge in [-0.1, -0.05) is 0 Å². The fourth-order valence-corrected chi connectivity index (χ4v) is 1.03. The van der Waals surface area contributed by atoms with Gasteiger partial charge >= 0.3 is 0 Å². The van der Waals surface area contributed by atoms with Crippen molar-refractivity contribution < 1.29 is 14.4 Å². The molecule has 1 unspecified atom stereocenters. The van der Waals surface area contributed by atoms with E-state index in [4.69, 9.17) is 0 Å². The highest BCUT2D eigenvalue weighted by Crippen LogP contribution is 2.15. The van der Waals surface area contributed by atoms with Gasteiger partial charge in [0.25, 0.3) is 0 Å². The van der Waals surface area contributed by atoms with E-state index >= 15 is 0 Å². The Morgan fingerprint density at radius 2 is 2.20 bits per heavy atom. The summed E-state index contributed by atoms with van der Waals surface area (Å²) >= 11 is 3.79. The van der Waals surface area contributed by atoms with Crippen LogP contribution in [0.5, 0.6) is 0 Å². The summed E-state index contributed by atoms with van der Waals surface area (Å²) in [7, 11) is 0. The number of carbonyl (C=O) groups excluding carboxylic acids is 3. The molecule has 5 heteroatoms. The maximum Gasteiger partial charge on any atom is 0.249 e. The van der Waals surface area contributed by atoms with Crippen molar-refractivity contribution in [2.24, 2.45) is 0 Å². The van der Waals surface area contributed by atoms with Crippen molar-refractivity contribution in [3.8, 4) is 0 Å². The topological polar surface area (TPSA) is 54.5 Å². The Morgan fingerprint density at radius 1 is 1.60 bits per heavy atom. The molecule has 0 radical (unpaired) electrons. The highest BCUT2D eigenvalue weighted by Gasteiger charge is 2.35. The van der Waals surface area contributed by atoms with Crippen LogP contribution in [0.15, 0.2) is 0 Å². The molecule has 4 nitrogen and oxygen atoms in total. The van der Waals surface area contributed by atoms with Gasteiger partial charge in [-0.05, 0) is 0 Å². The number of hydrogen-bond acceptors (Lipinski definition) is 4. The van der Waals surface area contributed by atoms with Crippen molar-refractivity contribution in [2.75, 3.05) is 0 Å². The normalized spacial score (nSPS) is 25.7. The van der Waals surface area contributed by atoms with Crippen LogP contribution in [0.3, 0.4) is 0 Å². The molecule has 54 valence electrons. The van der Waals surface area contributed by atoms with Gasteiger partial charge in [0.1, 0.15) is 0 Å². The Morgan fingerprint density at radius 3 is 2.40 bits per heavy atom. The molecule has 0 aliphatic carbocycles. The SMILES string of the molecule is O=CN1C(=O)CC(S)C1=O. The number of carbonyl (C=O) groups is 3. The van der Waals surface area contributed by atoms with Crippen LogP contribution in [0.25, 0.3) is 0 Å². The second kappa shape index (κ2) is 2.42. The molecular formula is C5H5NO3S. The molecule has 10 heavy (non-hydrogen) atoms. The standard InChI is InChI=1S/C5H5NO3S/c7-2-6-4(8)1-3(10)5(6)9/h2-3,10H,1H2. The number of imide groups is 3. The Kier molecular flexibility index (Phi) is 1.76. The lowest BCUT2D eigenvalue weighted by atomic mass is 10.4. The Hall–Kier alpha value is -0.840. The molecule has 1 saturated heterocycles. The highest BCUT2D eigenvalue weighted by molar-refractivity contribution is 7.81. The fourth-order valence-electron chi connectivity index (χ4n) is 0.745. The lowest BCUT2D eigenvalue weighted by molar-refractivity contribution is -0.143. The first-order valence-electron chi connectivity index (χ1n) is 2.66. The number of likely N-dealkylation sites (tertiary alicyclic amines) is 1. The highest BCUT2D eigenvalue weighted by atomic mass is 32.1. The molecule has 1 heterocycles. The van der Waals surface area contributed by atoms with E-state index in [0.29, 0.717) is 4.90 Å². The van der Waals surface area contributed by atoms with E-state index in [-0.39, 0.29) is 12.8 Å². The van der Waals surface area contributed by atoms with Crippen LogP contribution in [0.4, 0.5) is 0 Å². The Labute approximate surface area is 62.6 Å². The van der Waals surface area contributed by atoms with Gasteiger partial charge in [0.05, 0.1) is 5.25 Å². The van der Waals surface area contributed by atoms with Gasteiger partial charge in [-0.25, -0.2) is 4.90 Å². The molecule has 1 aliphatic heterocycles. The number of hydrogen-bond donors (Lipinski definition) is 1. The molecule has 0 bridgehead atoms. The summed E-state index contributed by atoms with van der Waals surface area (Å²) in [5.74, 6) is -0.997. The van der Waals surface area contributed by atoms with Crippen LogP contribution < -0.4 is 0 Å². The molecule has 3 amide bonds. The summed E-state index contributed by atoms with van der Waals surface area (Å²) < 4.78 is 0. The van der Waals surface area contributed by atoms with Crippen LogP contribution in [0.1, 0.15) is 6.42 Å². The molecule has 0 aromatic rings. The Balaban J connectivity index is 2.83. The molecule has 1 fully saturated rings. The zero-order chi connectivity index (χ0) is 7.72. The molecule has 1 aliphatic rings. The summed E-state index contributed by atoms with van der Waals surface area (Å²) in [5, 5.41) is -0.627. The first kappa shape index (κ1) is 7.27. The maximum absolute atomic E-state index is 10.7. The van der Waals surface area contributed by atoms with E-state index in [1.54, 1.807) is 0 Å². The fraction of sp³-hybridized carbons (Fsp3) is 0.400.